The number of hydrogen-bond donors (Lipinski definition) is 2. The molecule has 0 radical (unpaired) electrons. The van der Waals surface area contributed by atoms with Gasteiger partial charge in [0, 0.05) is 23.5 Å². The molecule has 2 N–H and O–H groups in total. The summed E-state index contributed by atoms with van der Waals surface area (Å²) >= 11 is 0. The van der Waals surface area contributed by atoms with E-state index in [0.717, 1.165) is 11.1 Å². The summed E-state index contributed by atoms with van der Waals surface area (Å²) in [4.78, 5) is 11.5. The molecular weight excluding hydrogens is 302 g/mol. The summed E-state index contributed by atoms with van der Waals surface area (Å²) in [5.41, 5.74) is 2.91. The van der Waals surface area contributed by atoms with Gasteiger partial charge in [-0.3, -0.25) is 0 Å². The fourth-order valence-corrected chi connectivity index (χ4v) is 2.47. The first-order chi connectivity index (χ1) is 11.7. The molecule has 0 bridgehead atoms. The second-order valence-corrected chi connectivity index (χ2v) is 5.21. The number of aliphatic hydroxyl groups excluding tert-OH is 1. The summed E-state index contributed by atoms with van der Waals surface area (Å²) in [6, 6.07) is 16.0. The van der Waals surface area contributed by atoms with Crippen LogP contribution in [0.4, 0.5) is 0 Å². The van der Waals surface area contributed by atoms with Crippen molar-refractivity contribution >= 4 is 5.97 Å². The van der Waals surface area contributed by atoms with Gasteiger partial charge in [0.25, 0.3) is 0 Å². The van der Waals surface area contributed by atoms with Gasteiger partial charge in [0.15, 0.2) is 0 Å². The standard InChI is InChI=1S/C20H15NO3/c22-14-16-6-3-5-15(13-16)9-10-17-7-4-8-18(20(23)24)19(17)21-11-1-2-12-21/h1-8,11-13,22H,14H2,(H,23,24). The van der Waals surface area contributed by atoms with Crippen LogP contribution >= 0.6 is 0 Å². The van der Waals surface area contributed by atoms with E-state index in [1.807, 2.05) is 36.4 Å². The quantitative estimate of drug-likeness (QED) is 0.730. The number of benzene rings is 2. The molecule has 0 aliphatic carbocycles. The zero-order valence-electron chi connectivity index (χ0n) is 12.8. The number of carboxylic acid groups (broad SMARTS) is 1. The number of hydrogen-bond acceptors (Lipinski definition) is 2. The van der Waals surface area contributed by atoms with Gasteiger partial charge < -0.3 is 14.8 Å². The molecule has 2 aromatic carbocycles. The molecule has 4 heteroatoms. The van der Waals surface area contributed by atoms with Gasteiger partial charge >= 0.3 is 5.97 Å². The Morgan fingerprint density at radius 2 is 1.75 bits per heavy atom. The molecule has 1 aromatic heterocycles. The van der Waals surface area contributed by atoms with E-state index in [2.05, 4.69) is 11.8 Å². The number of nitrogens with zero attached hydrogens (tertiary/aromatic N) is 1. The number of aliphatic hydroxyl groups is 1. The van der Waals surface area contributed by atoms with E-state index >= 15 is 0 Å². The second kappa shape index (κ2) is 6.86. The van der Waals surface area contributed by atoms with Gasteiger partial charge in [-0.25, -0.2) is 4.79 Å². The zero-order chi connectivity index (χ0) is 16.9. The highest BCUT2D eigenvalue weighted by atomic mass is 16.4. The maximum Gasteiger partial charge on any atom is 0.337 e. The van der Waals surface area contributed by atoms with E-state index in [4.69, 9.17) is 0 Å². The highest BCUT2D eigenvalue weighted by Gasteiger charge is 2.14. The average molecular weight is 317 g/mol. The average Bonchev–Trinajstić information content (AvgIpc) is 3.14. The van der Waals surface area contributed by atoms with Gasteiger partial charge in [-0.15, -0.1) is 0 Å². The molecule has 0 amide bonds. The number of carboxylic acids is 1. The summed E-state index contributed by atoms with van der Waals surface area (Å²) < 4.78 is 1.75. The minimum atomic E-state index is -0.996. The minimum Gasteiger partial charge on any atom is -0.478 e. The molecule has 0 saturated carbocycles. The Hall–Kier alpha value is -3.29. The predicted octanol–water partition coefficient (Wildman–Crippen LogP) is 3.07. The Morgan fingerprint density at radius 3 is 2.46 bits per heavy atom. The van der Waals surface area contributed by atoms with Gasteiger partial charge in [0.05, 0.1) is 17.9 Å². The third-order valence-electron chi connectivity index (χ3n) is 3.58. The summed E-state index contributed by atoms with van der Waals surface area (Å²) in [5, 5.41) is 18.7. The summed E-state index contributed by atoms with van der Waals surface area (Å²) in [7, 11) is 0. The number of rotatable bonds is 3. The van der Waals surface area contributed by atoms with Crippen molar-refractivity contribution < 1.29 is 15.0 Å². The molecule has 0 unspecified atom stereocenters. The third-order valence-corrected chi connectivity index (χ3v) is 3.58. The van der Waals surface area contributed by atoms with Gasteiger partial charge in [-0.1, -0.05) is 30.0 Å². The van der Waals surface area contributed by atoms with Crippen LogP contribution in [0.2, 0.25) is 0 Å². The van der Waals surface area contributed by atoms with Crippen molar-refractivity contribution in [3.63, 3.8) is 0 Å². The Balaban J connectivity index is 2.11. The van der Waals surface area contributed by atoms with E-state index in [9.17, 15) is 15.0 Å². The van der Waals surface area contributed by atoms with Crippen LogP contribution in [0.3, 0.4) is 0 Å². The predicted molar refractivity (Wildman–Crippen MR) is 91.1 cm³/mol. The van der Waals surface area contributed by atoms with E-state index in [1.54, 1.807) is 35.2 Å². The summed E-state index contributed by atoms with van der Waals surface area (Å²) in [6.45, 7) is -0.0430. The first-order valence-electron chi connectivity index (χ1n) is 7.40. The first kappa shape index (κ1) is 15.6. The van der Waals surface area contributed by atoms with Gasteiger partial charge in [0.2, 0.25) is 0 Å². The third kappa shape index (κ3) is 3.22. The van der Waals surface area contributed by atoms with Crippen LogP contribution in [0.25, 0.3) is 5.69 Å². The van der Waals surface area contributed by atoms with Crippen molar-refractivity contribution in [1.29, 1.82) is 0 Å². The van der Waals surface area contributed by atoms with Crippen molar-refractivity contribution in [3.8, 4) is 17.5 Å². The molecule has 3 aromatic rings. The molecule has 0 atom stereocenters. The lowest BCUT2D eigenvalue weighted by molar-refractivity contribution is 0.0697. The topological polar surface area (TPSA) is 62.5 Å². The van der Waals surface area contributed by atoms with Crippen molar-refractivity contribution in [1.82, 2.24) is 4.57 Å². The van der Waals surface area contributed by atoms with E-state index in [-0.39, 0.29) is 12.2 Å². The van der Waals surface area contributed by atoms with E-state index in [0.29, 0.717) is 11.3 Å². The zero-order valence-corrected chi connectivity index (χ0v) is 12.8. The molecule has 4 nitrogen and oxygen atoms in total. The second-order valence-electron chi connectivity index (χ2n) is 5.21. The molecule has 3 rings (SSSR count). The van der Waals surface area contributed by atoms with E-state index < -0.39 is 5.97 Å². The van der Waals surface area contributed by atoms with Gasteiger partial charge in [-0.2, -0.15) is 0 Å². The Labute approximate surface area is 139 Å². The Morgan fingerprint density at radius 1 is 1.00 bits per heavy atom. The summed E-state index contributed by atoms with van der Waals surface area (Å²) in [5.74, 6) is 5.09. The molecule has 0 fully saturated rings. The van der Waals surface area contributed by atoms with Crippen LogP contribution in [0, 0.1) is 11.8 Å². The Kier molecular flexibility index (Phi) is 4.46. The van der Waals surface area contributed by atoms with Crippen LogP contribution in [-0.2, 0) is 6.61 Å². The molecule has 118 valence electrons. The molecular formula is C20H15NO3. The molecule has 1 heterocycles. The van der Waals surface area contributed by atoms with Crippen molar-refractivity contribution in [3.05, 3.63) is 89.2 Å². The van der Waals surface area contributed by atoms with Crippen molar-refractivity contribution in [2.75, 3.05) is 0 Å². The normalized spacial score (nSPS) is 10.0. The smallest absolute Gasteiger partial charge is 0.337 e. The lowest BCUT2D eigenvalue weighted by Crippen LogP contribution is -2.06. The lowest BCUT2D eigenvalue weighted by Gasteiger charge is -2.10. The molecule has 24 heavy (non-hydrogen) atoms. The van der Waals surface area contributed by atoms with Crippen molar-refractivity contribution in [2.45, 2.75) is 6.61 Å². The number of para-hydroxylation sites is 1. The lowest BCUT2D eigenvalue weighted by atomic mass is 10.1. The van der Waals surface area contributed by atoms with Crippen LogP contribution in [0.15, 0.2) is 67.0 Å². The van der Waals surface area contributed by atoms with Crippen LogP contribution in [-0.4, -0.2) is 20.7 Å². The number of aromatic nitrogens is 1. The molecule has 0 aliphatic heterocycles. The van der Waals surface area contributed by atoms with Crippen LogP contribution in [0.1, 0.15) is 27.0 Å². The molecule has 0 spiro atoms. The van der Waals surface area contributed by atoms with Gasteiger partial charge in [-0.05, 0) is 42.0 Å². The maximum atomic E-state index is 11.5. The molecule has 0 aliphatic rings. The number of aromatic carboxylic acids is 1. The van der Waals surface area contributed by atoms with Crippen LogP contribution in [0.5, 0.6) is 0 Å². The maximum absolute atomic E-state index is 11.5. The SMILES string of the molecule is O=C(O)c1cccc(C#Cc2cccc(CO)c2)c1-n1cccc1. The Bertz CT molecular complexity index is 931. The largest absolute Gasteiger partial charge is 0.478 e. The molecule has 0 saturated heterocycles. The summed E-state index contributed by atoms with van der Waals surface area (Å²) in [6.07, 6.45) is 3.58. The highest BCUT2D eigenvalue weighted by Crippen LogP contribution is 2.20. The minimum absolute atomic E-state index is 0.0430. The van der Waals surface area contributed by atoms with Crippen molar-refractivity contribution in [2.24, 2.45) is 0 Å². The highest BCUT2D eigenvalue weighted by molar-refractivity contribution is 5.93. The van der Waals surface area contributed by atoms with E-state index in [1.165, 1.54) is 0 Å². The number of carbonyl (C=O) groups is 1. The monoisotopic (exact) mass is 317 g/mol. The fourth-order valence-electron chi connectivity index (χ4n) is 2.47. The van der Waals surface area contributed by atoms with Gasteiger partial charge in [0.1, 0.15) is 0 Å². The van der Waals surface area contributed by atoms with Crippen LogP contribution < -0.4 is 0 Å². The first-order valence-corrected chi connectivity index (χ1v) is 7.40. The fraction of sp³-hybridized carbons (Fsp3) is 0.0500.